The van der Waals surface area contributed by atoms with Crippen LogP contribution in [0.3, 0.4) is 0 Å². The van der Waals surface area contributed by atoms with Gasteiger partial charge in [-0.05, 0) is 43.7 Å². The van der Waals surface area contributed by atoms with E-state index in [0.29, 0.717) is 37.5 Å². The number of amides is 2. The molecule has 2 amide bonds. The summed E-state index contributed by atoms with van der Waals surface area (Å²) >= 11 is 5.76. The van der Waals surface area contributed by atoms with Crippen LogP contribution >= 0.6 is 11.6 Å². The van der Waals surface area contributed by atoms with Crippen LogP contribution in [0.4, 0.5) is 20.7 Å². The van der Waals surface area contributed by atoms with Gasteiger partial charge in [0, 0.05) is 38.1 Å². The topological polar surface area (TPSA) is 74.8 Å². The number of carbonyl (C=O) groups is 2. The van der Waals surface area contributed by atoms with Crippen molar-refractivity contribution in [2.45, 2.75) is 13.3 Å². The van der Waals surface area contributed by atoms with Crippen LogP contribution in [0, 0.1) is 5.82 Å². The van der Waals surface area contributed by atoms with Gasteiger partial charge in [-0.25, -0.2) is 19.0 Å². The normalized spacial score (nSPS) is 14.3. The number of esters is 1. The number of pyridine rings is 1. The van der Waals surface area contributed by atoms with Gasteiger partial charge >= 0.3 is 12.0 Å². The molecule has 29 heavy (non-hydrogen) atoms. The highest BCUT2D eigenvalue weighted by molar-refractivity contribution is 6.31. The van der Waals surface area contributed by atoms with Gasteiger partial charge in [0.05, 0.1) is 17.2 Å². The first-order valence-corrected chi connectivity index (χ1v) is 9.75. The minimum atomic E-state index is -0.531. The third-order valence-electron chi connectivity index (χ3n) is 4.54. The Morgan fingerprint density at radius 1 is 1.21 bits per heavy atom. The maximum absolute atomic E-state index is 13.3. The smallest absolute Gasteiger partial charge is 0.339 e. The molecule has 0 atom stereocenters. The Balaban J connectivity index is 1.58. The number of urea groups is 1. The van der Waals surface area contributed by atoms with Crippen molar-refractivity contribution in [3.05, 3.63) is 52.9 Å². The molecule has 0 saturated carbocycles. The first-order valence-electron chi connectivity index (χ1n) is 9.37. The van der Waals surface area contributed by atoms with E-state index in [9.17, 15) is 14.0 Å². The van der Waals surface area contributed by atoms with E-state index in [2.05, 4.69) is 15.2 Å². The fraction of sp³-hybridized carbons (Fsp3) is 0.350. The molecule has 0 bridgehead atoms. The summed E-state index contributed by atoms with van der Waals surface area (Å²) in [6.07, 6.45) is 2.26. The minimum Gasteiger partial charge on any atom is -0.462 e. The maximum atomic E-state index is 13.3. The lowest BCUT2D eigenvalue weighted by molar-refractivity contribution is 0.0526. The Morgan fingerprint density at radius 3 is 2.72 bits per heavy atom. The predicted molar refractivity (Wildman–Crippen MR) is 109 cm³/mol. The fourth-order valence-corrected chi connectivity index (χ4v) is 3.21. The summed E-state index contributed by atoms with van der Waals surface area (Å²) in [5.74, 6) is -0.187. The third kappa shape index (κ3) is 5.35. The lowest BCUT2D eigenvalue weighted by Crippen LogP contribution is -2.38. The third-order valence-corrected chi connectivity index (χ3v) is 4.83. The first-order chi connectivity index (χ1) is 14.0. The number of anilines is 2. The van der Waals surface area contributed by atoms with Gasteiger partial charge in [-0.1, -0.05) is 11.6 Å². The molecule has 9 heteroatoms. The molecule has 1 aromatic heterocycles. The monoisotopic (exact) mass is 420 g/mol. The van der Waals surface area contributed by atoms with Gasteiger partial charge in [-0.2, -0.15) is 0 Å². The second-order valence-corrected chi connectivity index (χ2v) is 6.92. The zero-order valence-corrected chi connectivity index (χ0v) is 16.8. The molecule has 2 heterocycles. The standard InChI is InChI=1S/C20H22ClFN4O3/c1-2-29-19(27)14-4-7-18(23-13-14)25-8-3-9-26(11-10-25)20(28)24-15-5-6-17(22)16(21)12-15/h4-7,12-13H,2-3,8-11H2,1H3,(H,24,28). The highest BCUT2D eigenvalue weighted by atomic mass is 35.5. The molecule has 1 fully saturated rings. The van der Waals surface area contributed by atoms with Gasteiger partial charge < -0.3 is 19.9 Å². The summed E-state index contributed by atoms with van der Waals surface area (Å²) in [5, 5.41) is 2.70. The van der Waals surface area contributed by atoms with Crippen LogP contribution < -0.4 is 10.2 Å². The number of aromatic nitrogens is 1. The van der Waals surface area contributed by atoms with Crippen LogP contribution in [0.1, 0.15) is 23.7 Å². The minimum absolute atomic E-state index is 0.0396. The van der Waals surface area contributed by atoms with Gasteiger partial charge in [0.25, 0.3) is 0 Å². The summed E-state index contributed by atoms with van der Waals surface area (Å²) in [6, 6.07) is 7.27. The SMILES string of the molecule is CCOC(=O)c1ccc(N2CCCN(C(=O)Nc3ccc(F)c(Cl)c3)CC2)nc1. The number of nitrogens with zero attached hydrogens (tertiary/aromatic N) is 3. The molecule has 7 nitrogen and oxygen atoms in total. The van der Waals surface area contributed by atoms with Crippen molar-refractivity contribution in [3.63, 3.8) is 0 Å². The van der Waals surface area contributed by atoms with E-state index in [-0.39, 0.29) is 11.1 Å². The number of rotatable bonds is 4. The molecule has 1 aliphatic heterocycles. The van der Waals surface area contributed by atoms with Crippen molar-refractivity contribution in [2.24, 2.45) is 0 Å². The molecule has 0 spiro atoms. The molecule has 0 unspecified atom stereocenters. The lowest BCUT2D eigenvalue weighted by Gasteiger charge is -2.23. The Bertz CT molecular complexity index is 879. The molecule has 154 valence electrons. The van der Waals surface area contributed by atoms with E-state index < -0.39 is 11.8 Å². The second kappa shape index (κ2) is 9.56. The van der Waals surface area contributed by atoms with Crippen LogP contribution in [-0.2, 0) is 4.74 Å². The van der Waals surface area contributed by atoms with Gasteiger partial charge in [-0.3, -0.25) is 0 Å². The number of hydrogen-bond acceptors (Lipinski definition) is 5. The van der Waals surface area contributed by atoms with Gasteiger partial charge in [0.1, 0.15) is 11.6 Å². The molecule has 2 aromatic rings. The number of carbonyl (C=O) groups excluding carboxylic acids is 2. The maximum Gasteiger partial charge on any atom is 0.339 e. The Morgan fingerprint density at radius 2 is 2.03 bits per heavy atom. The van der Waals surface area contributed by atoms with Crippen LogP contribution in [0.25, 0.3) is 0 Å². The molecule has 1 N–H and O–H groups in total. The van der Waals surface area contributed by atoms with Crippen molar-refractivity contribution in [1.29, 1.82) is 0 Å². The summed E-state index contributed by atoms with van der Waals surface area (Å²) in [5.41, 5.74) is 0.850. The number of hydrogen-bond donors (Lipinski definition) is 1. The molecular formula is C20H22ClFN4O3. The van der Waals surface area contributed by atoms with Crippen LogP contribution in [-0.4, -0.2) is 54.7 Å². The molecule has 0 aliphatic carbocycles. The van der Waals surface area contributed by atoms with Crippen LogP contribution in [0.15, 0.2) is 36.5 Å². The zero-order valence-electron chi connectivity index (χ0n) is 16.0. The van der Waals surface area contributed by atoms with Crippen LogP contribution in [0.5, 0.6) is 0 Å². The first kappa shape index (κ1) is 20.9. The van der Waals surface area contributed by atoms with Crippen molar-refractivity contribution in [1.82, 2.24) is 9.88 Å². The molecule has 3 rings (SSSR count). The Kier molecular flexibility index (Phi) is 6.87. The summed E-state index contributed by atoms with van der Waals surface area (Å²) in [6.45, 7) is 4.49. The molecule has 0 radical (unpaired) electrons. The molecule has 1 aromatic carbocycles. The Hall–Kier alpha value is -2.87. The second-order valence-electron chi connectivity index (χ2n) is 6.51. The summed E-state index contributed by atoms with van der Waals surface area (Å²) in [4.78, 5) is 32.4. The Labute approximate surface area is 173 Å². The van der Waals surface area contributed by atoms with E-state index in [1.165, 1.54) is 24.4 Å². The van der Waals surface area contributed by atoms with E-state index in [4.69, 9.17) is 16.3 Å². The van der Waals surface area contributed by atoms with E-state index in [1.807, 2.05) is 0 Å². The van der Waals surface area contributed by atoms with Gasteiger partial charge in [0.2, 0.25) is 0 Å². The van der Waals surface area contributed by atoms with Gasteiger partial charge in [-0.15, -0.1) is 0 Å². The largest absolute Gasteiger partial charge is 0.462 e. The quantitative estimate of drug-likeness (QED) is 0.761. The van der Waals surface area contributed by atoms with Crippen molar-refractivity contribution in [3.8, 4) is 0 Å². The van der Waals surface area contributed by atoms with E-state index in [1.54, 1.807) is 24.0 Å². The average molecular weight is 421 g/mol. The molecule has 1 aliphatic rings. The fourth-order valence-electron chi connectivity index (χ4n) is 3.03. The summed E-state index contributed by atoms with van der Waals surface area (Å²) in [7, 11) is 0. The van der Waals surface area contributed by atoms with Gasteiger partial charge in [0.15, 0.2) is 0 Å². The number of ether oxygens (including phenoxy) is 1. The van der Waals surface area contributed by atoms with E-state index >= 15 is 0 Å². The predicted octanol–water partition coefficient (Wildman–Crippen LogP) is 3.80. The molecule has 1 saturated heterocycles. The molecular weight excluding hydrogens is 399 g/mol. The zero-order chi connectivity index (χ0) is 20.8. The van der Waals surface area contributed by atoms with E-state index in [0.717, 1.165) is 18.8 Å². The van der Waals surface area contributed by atoms with Crippen molar-refractivity contribution >= 4 is 35.1 Å². The summed E-state index contributed by atoms with van der Waals surface area (Å²) < 4.78 is 18.2. The highest BCUT2D eigenvalue weighted by Gasteiger charge is 2.20. The number of nitrogens with one attached hydrogen (secondary N) is 1. The number of benzene rings is 1. The van der Waals surface area contributed by atoms with Crippen LogP contribution in [0.2, 0.25) is 5.02 Å². The van der Waals surface area contributed by atoms with Crippen molar-refractivity contribution < 1.29 is 18.7 Å². The lowest BCUT2D eigenvalue weighted by atomic mass is 10.2. The average Bonchev–Trinajstić information content (AvgIpc) is 2.97. The van der Waals surface area contributed by atoms with Crippen molar-refractivity contribution in [2.75, 3.05) is 43.0 Å². The number of halogens is 2. The highest BCUT2D eigenvalue weighted by Crippen LogP contribution is 2.20.